The summed E-state index contributed by atoms with van der Waals surface area (Å²) in [7, 11) is -3.68. The first kappa shape index (κ1) is 17.0. The molecule has 3 aromatic rings. The fraction of sp³-hybridized carbons (Fsp3) is 0.118. The second-order valence-electron chi connectivity index (χ2n) is 5.22. The number of thiophene rings is 1. The Kier molecular flexibility index (Phi) is 4.89. The molecule has 0 saturated carbocycles. The summed E-state index contributed by atoms with van der Waals surface area (Å²) < 4.78 is 27.9. The second-order valence-corrected chi connectivity index (χ2v) is 9.03. The topological polar surface area (TPSA) is 50.3 Å². The zero-order chi connectivity index (χ0) is 17.2. The zero-order valence-corrected chi connectivity index (χ0v) is 15.3. The molecular formula is C17H15ClN2O2S2. The van der Waals surface area contributed by atoms with Crippen molar-refractivity contribution in [1.82, 2.24) is 4.98 Å². The summed E-state index contributed by atoms with van der Waals surface area (Å²) in [5.74, 6) is 0. The van der Waals surface area contributed by atoms with Gasteiger partial charge in [0.25, 0.3) is 10.0 Å². The van der Waals surface area contributed by atoms with Gasteiger partial charge in [-0.3, -0.25) is 9.29 Å². The lowest BCUT2D eigenvalue weighted by Gasteiger charge is -2.24. The van der Waals surface area contributed by atoms with E-state index in [1.165, 1.54) is 15.6 Å². The fourth-order valence-corrected chi connectivity index (χ4v) is 5.29. The Morgan fingerprint density at radius 1 is 1.17 bits per heavy atom. The van der Waals surface area contributed by atoms with Crippen LogP contribution in [0.25, 0.3) is 0 Å². The Labute approximate surface area is 150 Å². The van der Waals surface area contributed by atoms with E-state index in [2.05, 4.69) is 4.98 Å². The molecule has 7 heteroatoms. The molecule has 0 aliphatic heterocycles. The maximum atomic E-state index is 13.1. The molecule has 0 aliphatic carbocycles. The Hall–Kier alpha value is -1.89. The first-order chi connectivity index (χ1) is 11.5. The fourth-order valence-electron chi connectivity index (χ4n) is 2.26. The summed E-state index contributed by atoms with van der Waals surface area (Å²) in [5.41, 5.74) is 1.33. The van der Waals surface area contributed by atoms with Gasteiger partial charge in [-0.2, -0.15) is 0 Å². The van der Waals surface area contributed by atoms with Crippen molar-refractivity contribution < 1.29 is 8.42 Å². The van der Waals surface area contributed by atoms with E-state index >= 15 is 0 Å². The van der Waals surface area contributed by atoms with Crippen LogP contribution in [0.3, 0.4) is 0 Å². The molecule has 2 aromatic heterocycles. The number of anilines is 1. The van der Waals surface area contributed by atoms with Crippen molar-refractivity contribution in [2.24, 2.45) is 0 Å². The molecule has 0 fully saturated rings. The number of aromatic nitrogens is 1. The monoisotopic (exact) mass is 378 g/mol. The molecule has 24 heavy (non-hydrogen) atoms. The van der Waals surface area contributed by atoms with Gasteiger partial charge in [-0.05, 0) is 48.9 Å². The summed E-state index contributed by atoms with van der Waals surface area (Å²) >= 11 is 7.32. The molecule has 2 heterocycles. The normalized spacial score (nSPS) is 11.4. The van der Waals surface area contributed by atoms with E-state index < -0.39 is 10.0 Å². The average molecular weight is 379 g/mol. The van der Waals surface area contributed by atoms with E-state index in [9.17, 15) is 8.42 Å². The van der Waals surface area contributed by atoms with Crippen molar-refractivity contribution in [3.63, 3.8) is 0 Å². The van der Waals surface area contributed by atoms with Crippen molar-refractivity contribution >= 4 is 38.6 Å². The van der Waals surface area contributed by atoms with Gasteiger partial charge < -0.3 is 0 Å². The molecule has 0 unspecified atom stereocenters. The van der Waals surface area contributed by atoms with Crippen molar-refractivity contribution in [1.29, 1.82) is 0 Å². The van der Waals surface area contributed by atoms with E-state index in [0.29, 0.717) is 14.9 Å². The lowest BCUT2D eigenvalue weighted by Crippen LogP contribution is -2.30. The lowest BCUT2D eigenvalue weighted by molar-refractivity contribution is 0.592. The largest absolute Gasteiger partial charge is 0.274 e. The predicted octanol–water partition coefficient (Wildman–Crippen LogP) is 4.50. The molecule has 124 valence electrons. The van der Waals surface area contributed by atoms with Crippen LogP contribution in [0.15, 0.2) is 65.1 Å². The van der Waals surface area contributed by atoms with Crippen LogP contribution in [0, 0.1) is 6.92 Å². The highest BCUT2D eigenvalue weighted by molar-refractivity contribution is 7.94. The minimum atomic E-state index is -3.68. The number of halogens is 1. The molecule has 3 rings (SSSR count). The standard InChI is InChI=1S/C17H15ClN2O2S2/c1-13-7-8-17(23-13)24(21,22)20(12-14-4-3-9-19-11-14)16-6-2-5-15(18)10-16/h2-11H,12H2,1H3. The second kappa shape index (κ2) is 6.93. The number of rotatable bonds is 5. The van der Waals surface area contributed by atoms with Gasteiger partial charge in [0.2, 0.25) is 0 Å². The average Bonchev–Trinajstić information content (AvgIpc) is 3.01. The molecule has 0 saturated heterocycles. The zero-order valence-electron chi connectivity index (χ0n) is 12.9. The van der Waals surface area contributed by atoms with Crippen LogP contribution >= 0.6 is 22.9 Å². The van der Waals surface area contributed by atoms with Crippen LogP contribution in [0.5, 0.6) is 0 Å². The van der Waals surface area contributed by atoms with Gasteiger partial charge in [-0.15, -0.1) is 11.3 Å². The number of hydrogen-bond donors (Lipinski definition) is 0. The SMILES string of the molecule is Cc1ccc(S(=O)(=O)N(Cc2cccnc2)c2cccc(Cl)c2)s1. The number of hydrogen-bond acceptors (Lipinski definition) is 4. The highest BCUT2D eigenvalue weighted by Gasteiger charge is 2.27. The Bertz CT molecular complexity index is 940. The van der Waals surface area contributed by atoms with Crippen molar-refractivity contribution in [3.05, 3.63) is 76.4 Å². The van der Waals surface area contributed by atoms with Crippen LogP contribution in [0.2, 0.25) is 5.02 Å². The van der Waals surface area contributed by atoms with E-state index in [4.69, 9.17) is 11.6 Å². The van der Waals surface area contributed by atoms with E-state index in [-0.39, 0.29) is 6.54 Å². The minimum absolute atomic E-state index is 0.188. The van der Waals surface area contributed by atoms with Gasteiger partial charge in [0, 0.05) is 22.3 Å². The molecule has 0 spiro atoms. The van der Waals surface area contributed by atoms with E-state index in [1.807, 2.05) is 13.0 Å². The van der Waals surface area contributed by atoms with Crippen molar-refractivity contribution in [3.8, 4) is 0 Å². The third kappa shape index (κ3) is 3.61. The van der Waals surface area contributed by atoms with Crippen LogP contribution in [0.4, 0.5) is 5.69 Å². The lowest BCUT2D eigenvalue weighted by atomic mass is 10.2. The van der Waals surface area contributed by atoms with Crippen LogP contribution < -0.4 is 4.31 Å². The third-order valence-electron chi connectivity index (χ3n) is 3.41. The van der Waals surface area contributed by atoms with Crippen molar-refractivity contribution in [2.75, 3.05) is 4.31 Å². The first-order valence-electron chi connectivity index (χ1n) is 7.20. The molecule has 0 atom stereocenters. The maximum Gasteiger partial charge on any atom is 0.274 e. The molecule has 0 radical (unpaired) electrons. The number of sulfonamides is 1. The molecular weight excluding hydrogens is 364 g/mol. The quantitative estimate of drug-likeness (QED) is 0.656. The number of nitrogens with zero attached hydrogens (tertiary/aromatic N) is 2. The Morgan fingerprint density at radius 2 is 2.00 bits per heavy atom. The minimum Gasteiger partial charge on any atom is -0.264 e. The van der Waals surface area contributed by atoms with Crippen molar-refractivity contribution in [2.45, 2.75) is 17.7 Å². The third-order valence-corrected chi connectivity index (χ3v) is 6.88. The van der Waals surface area contributed by atoms with E-state index in [0.717, 1.165) is 10.4 Å². The summed E-state index contributed by atoms with van der Waals surface area (Å²) in [6, 6.07) is 13.9. The highest BCUT2D eigenvalue weighted by Crippen LogP contribution is 2.31. The Balaban J connectivity index is 2.08. The summed E-state index contributed by atoms with van der Waals surface area (Å²) in [6.07, 6.45) is 3.32. The maximum absolute atomic E-state index is 13.1. The molecule has 0 bridgehead atoms. The Morgan fingerprint density at radius 3 is 2.62 bits per heavy atom. The number of aryl methyl sites for hydroxylation is 1. The molecule has 0 amide bonds. The predicted molar refractivity (Wildman–Crippen MR) is 98.1 cm³/mol. The van der Waals surface area contributed by atoms with Gasteiger partial charge in [0.1, 0.15) is 4.21 Å². The van der Waals surface area contributed by atoms with Gasteiger partial charge in [-0.25, -0.2) is 8.42 Å². The number of benzene rings is 1. The molecule has 4 nitrogen and oxygen atoms in total. The van der Waals surface area contributed by atoms with Gasteiger partial charge >= 0.3 is 0 Å². The van der Waals surface area contributed by atoms with Crippen LogP contribution in [0.1, 0.15) is 10.4 Å². The smallest absolute Gasteiger partial charge is 0.264 e. The van der Waals surface area contributed by atoms with Gasteiger partial charge in [-0.1, -0.05) is 23.7 Å². The van der Waals surface area contributed by atoms with Gasteiger partial charge in [0.15, 0.2) is 0 Å². The summed E-state index contributed by atoms with van der Waals surface area (Å²) in [5, 5.41) is 0.487. The number of pyridine rings is 1. The highest BCUT2D eigenvalue weighted by atomic mass is 35.5. The molecule has 0 aliphatic rings. The van der Waals surface area contributed by atoms with Crippen LogP contribution in [-0.2, 0) is 16.6 Å². The summed E-state index contributed by atoms with van der Waals surface area (Å²) in [6.45, 7) is 2.07. The summed E-state index contributed by atoms with van der Waals surface area (Å²) in [4.78, 5) is 5.01. The first-order valence-corrected chi connectivity index (χ1v) is 9.84. The molecule has 0 N–H and O–H groups in total. The van der Waals surface area contributed by atoms with Crippen LogP contribution in [-0.4, -0.2) is 13.4 Å². The van der Waals surface area contributed by atoms with Gasteiger partial charge in [0.05, 0.1) is 12.2 Å². The van der Waals surface area contributed by atoms with E-state index in [1.54, 1.807) is 54.9 Å². The molecule has 1 aromatic carbocycles.